The van der Waals surface area contributed by atoms with Crippen LogP contribution < -0.4 is 10.8 Å². The molecule has 1 aromatic carbocycles. The van der Waals surface area contributed by atoms with E-state index in [4.69, 9.17) is 4.42 Å². The van der Waals surface area contributed by atoms with Crippen molar-refractivity contribution in [2.75, 3.05) is 0 Å². The lowest BCUT2D eigenvalue weighted by Gasteiger charge is -2.21. The van der Waals surface area contributed by atoms with Crippen molar-refractivity contribution in [1.29, 1.82) is 0 Å². The molecule has 0 bridgehead atoms. The zero-order chi connectivity index (χ0) is 16.8. The summed E-state index contributed by atoms with van der Waals surface area (Å²) in [6.07, 6.45) is 0. The molecule has 2 nitrogen and oxygen atoms in total. The van der Waals surface area contributed by atoms with Crippen LogP contribution in [0.4, 0.5) is 0 Å². The fourth-order valence-electron chi connectivity index (χ4n) is 3.50. The zero-order valence-electron chi connectivity index (χ0n) is 15.4. The van der Waals surface area contributed by atoms with Crippen LogP contribution in [-0.4, -0.2) is 21.0 Å². The summed E-state index contributed by atoms with van der Waals surface area (Å²) in [5.74, 6) is 0. The normalized spacial score (nSPS) is 15.9. The molecule has 0 saturated heterocycles. The van der Waals surface area contributed by atoms with Gasteiger partial charge in [0, 0.05) is 30.8 Å². The van der Waals surface area contributed by atoms with Crippen LogP contribution in [0.25, 0.3) is 0 Å². The van der Waals surface area contributed by atoms with Gasteiger partial charge in [-0.1, -0.05) is 69.6 Å². The Balaban J connectivity index is 1.93. The molecule has 1 aromatic heterocycles. The Labute approximate surface area is 142 Å². The number of rotatable bonds is 4. The molecule has 4 heteroatoms. The molecule has 2 aromatic rings. The van der Waals surface area contributed by atoms with Gasteiger partial charge in [0.1, 0.15) is 16.1 Å². The highest BCUT2D eigenvalue weighted by molar-refractivity contribution is 6.90. The monoisotopic (exact) mass is 343 g/mol. The Hall–Kier alpha value is -1.11. The first-order chi connectivity index (χ1) is 10.7. The molecular formula is C19H29NOSi2. The molecule has 3 rings (SSSR count). The van der Waals surface area contributed by atoms with Crippen LogP contribution in [-0.2, 0) is 19.6 Å². The Bertz CT molecular complexity index is 654. The molecule has 0 atom stereocenters. The largest absolute Gasteiger partial charge is 0.476 e. The van der Waals surface area contributed by atoms with E-state index in [1.807, 2.05) is 0 Å². The topological polar surface area (TPSA) is 16.4 Å². The Morgan fingerprint density at radius 3 is 1.74 bits per heavy atom. The number of furan rings is 1. The predicted molar refractivity (Wildman–Crippen MR) is 104 cm³/mol. The van der Waals surface area contributed by atoms with Crippen LogP contribution >= 0.6 is 0 Å². The van der Waals surface area contributed by atoms with Gasteiger partial charge in [-0.25, -0.2) is 0 Å². The van der Waals surface area contributed by atoms with E-state index in [2.05, 4.69) is 74.5 Å². The van der Waals surface area contributed by atoms with Crippen LogP contribution in [0.5, 0.6) is 0 Å². The van der Waals surface area contributed by atoms with E-state index >= 15 is 0 Å². The summed E-state index contributed by atoms with van der Waals surface area (Å²) >= 11 is 0. The fourth-order valence-corrected chi connectivity index (χ4v) is 6.69. The average Bonchev–Trinajstić information content (AvgIpc) is 2.95. The second-order valence-corrected chi connectivity index (χ2v) is 18.8. The van der Waals surface area contributed by atoms with Crippen molar-refractivity contribution in [2.24, 2.45) is 0 Å². The van der Waals surface area contributed by atoms with Crippen molar-refractivity contribution in [3.05, 3.63) is 47.0 Å². The Morgan fingerprint density at radius 2 is 1.30 bits per heavy atom. The molecule has 0 fully saturated rings. The molecule has 0 radical (unpaired) electrons. The highest BCUT2D eigenvalue weighted by atomic mass is 28.3. The van der Waals surface area contributed by atoms with Crippen molar-refractivity contribution in [1.82, 2.24) is 4.90 Å². The summed E-state index contributed by atoms with van der Waals surface area (Å²) in [5, 5.41) is 2.70. The van der Waals surface area contributed by atoms with Crippen molar-refractivity contribution in [3.8, 4) is 0 Å². The predicted octanol–water partition coefficient (Wildman–Crippen LogP) is 3.89. The van der Waals surface area contributed by atoms with Crippen LogP contribution in [0.1, 0.15) is 16.7 Å². The SMILES string of the molecule is C[Si](C)(C)c1oc([Si](C)(C)C)c2c1CN(Cc1ccccc1)C2. The van der Waals surface area contributed by atoms with Gasteiger partial charge in [-0.2, -0.15) is 0 Å². The Kier molecular flexibility index (Phi) is 4.19. The third kappa shape index (κ3) is 3.39. The molecule has 0 N–H and O–H groups in total. The minimum absolute atomic E-state index is 1.03. The summed E-state index contributed by atoms with van der Waals surface area (Å²) in [6.45, 7) is 17.6. The van der Waals surface area contributed by atoms with Crippen molar-refractivity contribution < 1.29 is 4.42 Å². The molecule has 0 spiro atoms. The summed E-state index contributed by atoms with van der Waals surface area (Å²) < 4.78 is 6.51. The summed E-state index contributed by atoms with van der Waals surface area (Å²) in [4.78, 5) is 2.57. The van der Waals surface area contributed by atoms with Gasteiger partial charge < -0.3 is 4.42 Å². The van der Waals surface area contributed by atoms with Crippen molar-refractivity contribution in [2.45, 2.75) is 58.9 Å². The third-order valence-electron chi connectivity index (χ3n) is 4.49. The van der Waals surface area contributed by atoms with E-state index in [-0.39, 0.29) is 0 Å². The van der Waals surface area contributed by atoms with E-state index in [1.54, 1.807) is 0 Å². The number of hydrogen-bond acceptors (Lipinski definition) is 2. The summed E-state index contributed by atoms with van der Waals surface area (Å²) in [5.41, 5.74) is 4.45. The van der Waals surface area contributed by atoms with Gasteiger partial charge in [0.2, 0.25) is 0 Å². The van der Waals surface area contributed by atoms with Crippen LogP contribution in [0.3, 0.4) is 0 Å². The first-order valence-electron chi connectivity index (χ1n) is 8.58. The van der Waals surface area contributed by atoms with Gasteiger partial charge in [0.15, 0.2) is 0 Å². The molecular weight excluding hydrogens is 314 g/mol. The lowest BCUT2D eigenvalue weighted by atomic mass is 10.2. The van der Waals surface area contributed by atoms with Gasteiger partial charge in [0.05, 0.1) is 10.8 Å². The van der Waals surface area contributed by atoms with Gasteiger partial charge in [-0.05, 0) is 5.56 Å². The number of fused-ring (bicyclic) bond motifs is 1. The van der Waals surface area contributed by atoms with Crippen molar-refractivity contribution >= 4 is 26.9 Å². The molecule has 1 aliphatic rings. The average molecular weight is 344 g/mol. The second-order valence-electron chi connectivity index (χ2n) is 8.85. The maximum atomic E-state index is 6.51. The molecule has 0 amide bonds. The molecule has 1 aliphatic heterocycles. The fraction of sp³-hybridized carbons (Fsp3) is 0.474. The molecule has 2 heterocycles. The zero-order valence-corrected chi connectivity index (χ0v) is 17.4. The van der Waals surface area contributed by atoms with E-state index in [0.29, 0.717) is 0 Å². The molecule has 0 aliphatic carbocycles. The minimum Gasteiger partial charge on any atom is -0.476 e. The quantitative estimate of drug-likeness (QED) is 0.783. The smallest absolute Gasteiger partial charge is 0.123 e. The van der Waals surface area contributed by atoms with E-state index in [0.717, 1.165) is 19.6 Å². The highest BCUT2D eigenvalue weighted by Crippen LogP contribution is 2.27. The maximum absolute atomic E-state index is 6.51. The maximum Gasteiger partial charge on any atom is 0.123 e. The molecule has 0 saturated carbocycles. The van der Waals surface area contributed by atoms with Crippen LogP contribution in [0.2, 0.25) is 39.3 Å². The molecule has 23 heavy (non-hydrogen) atoms. The Morgan fingerprint density at radius 1 is 0.826 bits per heavy atom. The van der Waals surface area contributed by atoms with Gasteiger partial charge in [0.25, 0.3) is 0 Å². The lowest BCUT2D eigenvalue weighted by molar-refractivity contribution is 0.273. The van der Waals surface area contributed by atoms with Crippen LogP contribution in [0.15, 0.2) is 34.7 Å². The van der Waals surface area contributed by atoms with E-state index < -0.39 is 16.1 Å². The summed E-state index contributed by atoms with van der Waals surface area (Å²) in [7, 11) is -2.88. The van der Waals surface area contributed by atoms with E-state index in [1.165, 1.54) is 27.5 Å². The van der Waals surface area contributed by atoms with Gasteiger partial charge in [-0.15, -0.1) is 0 Å². The number of hydrogen-bond donors (Lipinski definition) is 0. The first kappa shape index (κ1) is 16.7. The first-order valence-corrected chi connectivity index (χ1v) is 15.6. The van der Waals surface area contributed by atoms with Crippen LogP contribution in [0, 0.1) is 0 Å². The van der Waals surface area contributed by atoms with Gasteiger partial charge in [-0.3, -0.25) is 4.90 Å². The molecule has 0 unspecified atom stereocenters. The standard InChI is InChI=1S/C19H29NOSi2/c1-22(2,3)18-16-13-20(12-15-10-8-7-9-11-15)14-17(16)19(21-18)23(4,5)6/h7-11H,12-14H2,1-6H3. The third-order valence-corrected chi connectivity index (χ3v) is 8.02. The second kappa shape index (κ2) is 5.76. The van der Waals surface area contributed by atoms with Crippen molar-refractivity contribution in [3.63, 3.8) is 0 Å². The summed E-state index contributed by atoms with van der Waals surface area (Å²) in [6, 6.07) is 10.8. The minimum atomic E-state index is -1.44. The lowest BCUT2D eigenvalue weighted by Crippen LogP contribution is -2.43. The molecule has 124 valence electrons. The number of nitrogens with zero attached hydrogens (tertiary/aromatic N) is 1. The van der Waals surface area contributed by atoms with Gasteiger partial charge >= 0.3 is 0 Å². The highest BCUT2D eigenvalue weighted by Gasteiger charge is 2.38. The number of benzene rings is 1. The van der Waals surface area contributed by atoms with E-state index in [9.17, 15) is 0 Å².